The van der Waals surface area contributed by atoms with E-state index in [1.807, 2.05) is 25.1 Å². The standard InChI is InChI=1S/C19H21ClN4O5/c1-12(9-26-2)28-10-16(19(25)27-3)29-18-13-8-23-24(17(13)21-11-22-18)15-7-5-4-6-14(15)20/h4-8,11-12,16H,9-10H2,1-3H3/t12-,16+/m1/s1. The molecule has 3 rings (SSSR count). The number of aromatic nitrogens is 4. The Kier molecular flexibility index (Phi) is 6.97. The predicted molar refractivity (Wildman–Crippen MR) is 105 cm³/mol. The summed E-state index contributed by atoms with van der Waals surface area (Å²) in [5.41, 5.74) is 1.15. The second kappa shape index (κ2) is 9.64. The van der Waals surface area contributed by atoms with Crippen molar-refractivity contribution >= 4 is 28.6 Å². The SMILES string of the molecule is COC[C@@H](C)OC[C@H](Oc1ncnc2c1cnn2-c1ccccc1Cl)C(=O)OC. The number of halogens is 1. The van der Waals surface area contributed by atoms with Gasteiger partial charge in [0.15, 0.2) is 5.65 Å². The van der Waals surface area contributed by atoms with E-state index in [4.69, 9.17) is 30.5 Å². The lowest BCUT2D eigenvalue weighted by Crippen LogP contribution is -2.35. The van der Waals surface area contributed by atoms with Gasteiger partial charge in [-0.2, -0.15) is 5.10 Å². The summed E-state index contributed by atoms with van der Waals surface area (Å²) >= 11 is 6.27. The van der Waals surface area contributed by atoms with E-state index in [0.29, 0.717) is 28.4 Å². The minimum atomic E-state index is -1.01. The number of nitrogens with zero attached hydrogens (tertiary/aromatic N) is 4. The highest BCUT2D eigenvalue weighted by molar-refractivity contribution is 6.32. The molecule has 0 amide bonds. The van der Waals surface area contributed by atoms with Crippen molar-refractivity contribution in [3.63, 3.8) is 0 Å². The van der Waals surface area contributed by atoms with Gasteiger partial charge in [-0.15, -0.1) is 0 Å². The van der Waals surface area contributed by atoms with Crippen LogP contribution < -0.4 is 4.74 Å². The summed E-state index contributed by atoms with van der Waals surface area (Å²) < 4.78 is 22.9. The smallest absolute Gasteiger partial charge is 0.349 e. The average molecular weight is 421 g/mol. The molecule has 0 saturated carbocycles. The zero-order chi connectivity index (χ0) is 20.8. The molecule has 0 N–H and O–H groups in total. The normalized spacial score (nSPS) is 13.2. The monoisotopic (exact) mass is 420 g/mol. The van der Waals surface area contributed by atoms with E-state index < -0.39 is 12.1 Å². The molecular formula is C19H21ClN4O5. The first kappa shape index (κ1) is 21.0. The topological polar surface area (TPSA) is 97.6 Å². The third-order valence-corrected chi connectivity index (χ3v) is 4.38. The largest absolute Gasteiger partial charge is 0.466 e. The van der Waals surface area contributed by atoms with E-state index in [1.54, 1.807) is 24.1 Å². The zero-order valence-electron chi connectivity index (χ0n) is 16.2. The number of rotatable bonds is 9. The van der Waals surface area contributed by atoms with E-state index in [-0.39, 0.29) is 18.6 Å². The van der Waals surface area contributed by atoms with Crippen molar-refractivity contribution in [2.24, 2.45) is 0 Å². The number of esters is 1. The summed E-state index contributed by atoms with van der Waals surface area (Å²) in [5.74, 6) is -0.397. The van der Waals surface area contributed by atoms with Gasteiger partial charge in [-0.25, -0.2) is 19.4 Å². The van der Waals surface area contributed by atoms with Crippen LogP contribution in [-0.4, -0.2) is 65.4 Å². The van der Waals surface area contributed by atoms with Crippen LogP contribution in [0.3, 0.4) is 0 Å². The Morgan fingerprint density at radius 2 is 2.00 bits per heavy atom. The lowest BCUT2D eigenvalue weighted by Gasteiger charge is -2.19. The molecule has 0 spiro atoms. The quantitative estimate of drug-likeness (QED) is 0.487. The summed E-state index contributed by atoms with van der Waals surface area (Å²) in [7, 11) is 2.85. The number of ether oxygens (including phenoxy) is 4. The molecule has 2 heterocycles. The van der Waals surface area contributed by atoms with E-state index in [1.165, 1.54) is 13.4 Å². The fraction of sp³-hybridized carbons (Fsp3) is 0.368. The molecule has 0 aliphatic carbocycles. The van der Waals surface area contributed by atoms with Crippen molar-refractivity contribution in [2.45, 2.75) is 19.1 Å². The molecule has 2 aromatic heterocycles. The highest BCUT2D eigenvalue weighted by Gasteiger charge is 2.25. The van der Waals surface area contributed by atoms with Gasteiger partial charge in [0.25, 0.3) is 0 Å². The maximum Gasteiger partial charge on any atom is 0.349 e. The van der Waals surface area contributed by atoms with Crippen LogP contribution >= 0.6 is 11.6 Å². The first-order chi connectivity index (χ1) is 14.0. The highest BCUT2D eigenvalue weighted by atomic mass is 35.5. The minimum absolute atomic E-state index is 0.0264. The zero-order valence-corrected chi connectivity index (χ0v) is 17.0. The molecule has 0 fully saturated rings. The Morgan fingerprint density at radius 3 is 2.72 bits per heavy atom. The van der Waals surface area contributed by atoms with Gasteiger partial charge >= 0.3 is 5.97 Å². The second-order valence-electron chi connectivity index (χ2n) is 6.15. The maximum absolute atomic E-state index is 12.2. The first-order valence-corrected chi connectivity index (χ1v) is 9.21. The van der Waals surface area contributed by atoms with Crippen molar-refractivity contribution in [3.05, 3.63) is 41.8 Å². The summed E-state index contributed by atoms with van der Waals surface area (Å²) in [6, 6.07) is 7.25. The third-order valence-electron chi connectivity index (χ3n) is 4.06. The Labute approximate surface area is 172 Å². The van der Waals surface area contributed by atoms with Crippen LogP contribution in [0.5, 0.6) is 5.88 Å². The lowest BCUT2D eigenvalue weighted by atomic mass is 10.3. The fourth-order valence-electron chi connectivity index (χ4n) is 2.67. The van der Waals surface area contributed by atoms with Gasteiger partial charge in [0.05, 0.1) is 43.3 Å². The molecule has 0 bridgehead atoms. The molecule has 0 aliphatic heterocycles. The van der Waals surface area contributed by atoms with Gasteiger partial charge in [-0.1, -0.05) is 23.7 Å². The third kappa shape index (κ3) is 4.81. The van der Waals surface area contributed by atoms with Gasteiger partial charge in [0.2, 0.25) is 12.0 Å². The van der Waals surface area contributed by atoms with Crippen LogP contribution in [0.15, 0.2) is 36.8 Å². The van der Waals surface area contributed by atoms with Crippen LogP contribution in [0.1, 0.15) is 6.92 Å². The van der Waals surface area contributed by atoms with Crippen LogP contribution in [0.25, 0.3) is 16.7 Å². The van der Waals surface area contributed by atoms with Gasteiger partial charge in [0.1, 0.15) is 11.7 Å². The van der Waals surface area contributed by atoms with Crippen LogP contribution in [0, 0.1) is 0 Å². The summed E-state index contributed by atoms with van der Waals surface area (Å²) in [6.07, 6.45) is 1.65. The molecule has 1 aromatic carbocycles. The van der Waals surface area contributed by atoms with Gasteiger partial charge in [-0.05, 0) is 19.1 Å². The van der Waals surface area contributed by atoms with Crippen LogP contribution in [-0.2, 0) is 19.0 Å². The van der Waals surface area contributed by atoms with Crippen molar-refractivity contribution in [1.29, 1.82) is 0 Å². The molecule has 154 valence electrons. The van der Waals surface area contributed by atoms with E-state index in [9.17, 15) is 4.79 Å². The average Bonchev–Trinajstić information content (AvgIpc) is 3.16. The molecule has 10 heteroatoms. The summed E-state index contributed by atoms with van der Waals surface area (Å²) in [4.78, 5) is 20.6. The Bertz CT molecular complexity index is 980. The maximum atomic E-state index is 12.2. The van der Waals surface area contributed by atoms with Crippen molar-refractivity contribution in [2.75, 3.05) is 27.4 Å². The highest BCUT2D eigenvalue weighted by Crippen LogP contribution is 2.27. The van der Waals surface area contributed by atoms with Gasteiger partial charge < -0.3 is 18.9 Å². The molecule has 0 saturated heterocycles. The fourth-order valence-corrected chi connectivity index (χ4v) is 2.88. The summed E-state index contributed by atoms with van der Waals surface area (Å²) in [5, 5.41) is 5.38. The number of para-hydroxylation sites is 1. The number of fused-ring (bicyclic) bond motifs is 1. The molecule has 0 radical (unpaired) electrons. The first-order valence-electron chi connectivity index (χ1n) is 8.83. The van der Waals surface area contributed by atoms with Gasteiger partial charge in [-0.3, -0.25) is 0 Å². The molecule has 2 atom stereocenters. The number of hydrogen-bond donors (Lipinski definition) is 0. The summed E-state index contributed by atoms with van der Waals surface area (Å²) in [6.45, 7) is 2.19. The number of hydrogen-bond acceptors (Lipinski definition) is 8. The Balaban J connectivity index is 1.88. The molecule has 0 aliphatic rings. The minimum Gasteiger partial charge on any atom is -0.466 e. The van der Waals surface area contributed by atoms with Crippen LogP contribution in [0.2, 0.25) is 5.02 Å². The molecule has 3 aromatic rings. The van der Waals surface area contributed by atoms with Crippen LogP contribution in [0.4, 0.5) is 0 Å². The molecule has 29 heavy (non-hydrogen) atoms. The molecular weight excluding hydrogens is 400 g/mol. The van der Waals surface area contributed by atoms with E-state index in [0.717, 1.165) is 0 Å². The van der Waals surface area contributed by atoms with Crippen molar-refractivity contribution in [1.82, 2.24) is 19.7 Å². The number of methoxy groups -OCH3 is 2. The number of benzene rings is 1. The number of carbonyl (C=O) groups is 1. The van der Waals surface area contributed by atoms with Crippen molar-refractivity contribution < 1.29 is 23.7 Å². The predicted octanol–water partition coefficient (Wildman–Crippen LogP) is 2.44. The van der Waals surface area contributed by atoms with Gasteiger partial charge in [0, 0.05) is 7.11 Å². The van der Waals surface area contributed by atoms with Crippen molar-refractivity contribution in [3.8, 4) is 11.6 Å². The second-order valence-corrected chi connectivity index (χ2v) is 6.56. The number of carbonyl (C=O) groups excluding carboxylic acids is 1. The Hall–Kier alpha value is -2.75. The van der Waals surface area contributed by atoms with E-state index >= 15 is 0 Å². The van der Waals surface area contributed by atoms with E-state index in [2.05, 4.69) is 15.1 Å². The molecule has 0 unspecified atom stereocenters. The Morgan fingerprint density at radius 1 is 1.21 bits per heavy atom. The lowest BCUT2D eigenvalue weighted by molar-refractivity contribution is -0.153. The molecule has 9 nitrogen and oxygen atoms in total.